The van der Waals surface area contributed by atoms with Gasteiger partial charge in [-0.2, -0.15) is 0 Å². The molecule has 0 bridgehead atoms. The maximum absolute atomic E-state index is 10.4. The number of methoxy groups -OCH3 is 1. The lowest BCUT2D eigenvalue weighted by atomic mass is 10.2. The summed E-state index contributed by atoms with van der Waals surface area (Å²) in [5.74, 6) is 0.773. The first kappa shape index (κ1) is 15.8. The van der Waals surface area contributed by atoms with Crippen LogP contribution in [0.15, 0.2) is 28.2 Å². The predicted molar refractivity (Wildman–Crippen MR) is 95.9 cm³/mol. The number of nitrogens with one attached hydrogen (secondary N) is 1. The summed E-state index contributed by atoms with van der Waals surface area (Å²) in [6, 6.07) is 6.00. The van der Waals surface area contributed by atoms with Gasteiger partial charge in [-0.25, -0.2) is 15.0 Å². The summed E-state index contributed by atoms with van der Waals surface area (Å²) in [4.78, 5) is 12.9. The molecule has 0 saturated heterocycles. The minimum absolute atomic E-state index is 0.128. The monoisotopic (exact) mass is 339 g/mol. The summed E-state index contributed by atoms with van der Waals surface area (Å²) in [5.41, 5.74) is 1.35. The number of aromatic hydroxyl groups is 1. The molecule has 4 rings (SSSR count). The zero-order valence-corrected chi connectivity index (χ0v) is 14.3. The van der Waals surface area contributed by atoms with Crippen LogP contribution in [0.4, 0.5) is 11.6 Å². The summed E-state index contributed by atoms with van der Waals surface area (Å²) >= 11 is 0. The van der Waals surface area contributed by atoms with Gasteiger partial charge in [0, 0.05) is 14.2 Å². The Morgan fingerprint density at radius 2 is 2.24 bits per heavy atom. The lowest BCUT2D eigenvalue weighted by Gasteiger charge is -2.19. The van der Waals surface area contributed by atoms with Gasteiger partial charge in [0.2, 0.25) is 11.8 Å². The standard InChI is InChI=1S/C18H21N5O2/c1-23-17(24)15(9-11-6-7-12-14(8-11)20-10-19-12)22-18(23)21-13-4-3-5-16(13)25-2/h6-10,13,16,24H,3-5H2,1-2H3,(H,21,22)/t13-,16-/m0/s1. The average Bonchev–Trinajstić information content (AvgIpc) is 3.32. The molecule has 0 amide bonds. The molecule has 2 atom stereocenters. The van der Waals surface area contributed by atoms with E-state index in [0.717, 1.165) is 35.5 Å². The van der Waals surface area contributed by atoms with Crippen molar-refractivity contribution in [2.75, 3.05) is 12.4 Å². The van der Waals surface area contributed by atoms with Crippen LogP contribution in [-0.2, 0) is 11.8 Å². The number of rotatable bonds is 4. The van der Waals surface area contributed by atoms with Gasteiger partial charge in [-0.15, -0.1) is 0 Å². The number of benzene rings is 1. The highest BCUT2D eigenvalue weighted by Crippen LogP contribution is 2.27. The largest absolute Gasteiger partial charge is 0.493 e. The van der Waals surface area contributed by atoms with Crippen molar-refractivity contribution in [3.8, 4) is 5.88 Å². The first-order valence-electron chi connectivity index (χ1n) is 8.43. The van der Waals surface area contributed by atoms with Crippen molar-refractivity contribution < 1.29 is 9.84 Å². The van der Waals surface area contributed by atoms with Crippen molar-refractivity contribution in [2.24, 2.45) is 17.0 Å². The van der Waals surface area contributed by atoms with Crippen molar-refractivity contribution >= 4 is 24.1 Å². The van der Waals surface area contributed by atoms with Crippen LogP contribution in [0.5, 0.6) is 5.88 Å². The lowest BCUT2D eigenvalue weighted by molar-refractivity contribution is 0.101. The van der Waals surface area contributed by atoms with Crippen LogP contribution in [0.1, 0.15) is 25.0 Å². The van der Waals surface area contributed by atoms with Crippen LogP contribution in [-0.4, -0.2) is 40.3 Å². The molecule has 0 spiro atoms. The van der Waals surface area contributed by atoms with Crippen LogP contribution in [0, 0.1) is 0 Å². The van der Waals surface area contributed by atoms with E-state index in [1.54, 1.807) is 25.1 Å². The quantitative estimate of drug-likeness (QED) is 0.877. The molecule has 130 valence electrons. The first-order valence-corrected chi connectivity index (χ1v) is 8.43. The second kappa shape index (κ2) is 6.33. The molecule has 2 heterocycles. The Morgan fingerprint density at radius 3 is 3.08 bits per heavy atom. The third-order valence-corrected chi connectivity index (χ3v) is 4.86. The van der Waals surface area contributed by atoms with E-state index in [-0.39, 0.29) is 18.0 Å². The average molecular weight is 339 g/mol. The highest BCUT2D eigenvalue weighted by molar-refractivity contribution is 5.67. The van der Waals surface area contributed by atoms with Crippen LogP contribution >= 0.6 is 0 Å². The molecular weight excluding hydrogens is 318 g/mol. The minimum atomic E-state index is 0.128. The summed E-state index contributed by atoms with van der Waals surface area (Å²) < 4.78 is 7.18. The first-order chi connectivity index (χ1) is 12.2. The van der Waals surface area contributed by atoms with E-state index in [1.807, 2.05) is 24.3 Å². The van der Waals surface area contributed by atoms with E-state index in [2.05, 4.69) is 20.3 Å². The van der Waals surface area contributed by atoms with Gasteiger partial charge in [0.25, 0.3) is 0 Å². The Bertz CT molecular complexity index is 947. The zero-order valence-electron chi connectivity index (χ0n) is 14.3. The molecule has 25 heavy (non-hydrogen) atoms. The number of hydrogen-bond acceptors (Lipinski definition) is 6. The highest BCUT2D eigenvalue weighted by Gasteiger charge is 2.28. The number of ether oxygens (including phenoxy) is 1. The molecule has 0 unspecified atom stereocenters. The van der Waals surface area contributed by atoms with Crippen LogP contribution < -0.4 is 15.9 Å². The smallest absolute Gasteiger partial charge is 0.220 e. The van der Waals surface area contributed by atoms with Crippen molar-refractivity contribution in [2.45, 2.75) is 31.4 Å². The molecule has 2 aliphatic rings. The molecule has 1 aliphatic carbocycles. The predicted octanol–water partition coefficient (Wildman–Crippen LogP) is 1.23. The van der Waals surface area contributed by atoms with Crippen LogP contribution in [0.3, 0.4) is 0 Å². The Balaban J connectivity index is 1.64. The van der Waals surface area contributed by atoms with Gasteiger partial charge in [0.1, 0.15) is 12.0 Å². The van der Waals surface area contributed by atoms with E-state index < -0.39 is 0 Å². The third kappa shape index (κ3) is 2.91. The van der Waals surface area contributed by atoms with Gasteiger partial charge >= 0.3 is 0 Å². The number of fused-ring (bicyclic) bond motifs is 1. The number of imidazole rings is 1. The van der Waals surface area contributed by atoms with Gasteiger partial charge in [-0.05, 0) is 42.7 Å². The minimum Gasteiger partial charge on any atom is -0.493 e. The summed E-state index contributed by atoms with van der Waals surface area (Å²) in [6.07, 6.45) is 6.79. The summed E-state index contributed by atoms with van der Waals surface area (Å²) in [6.45, 7) is 0. The fourth-order valence-electron chi connectivity index (χ4n) is 3.43. The molecule has 2 N–H and O–H groups in total. The molecule has 1 fully saturated rings. The second-order valence-electron chi connectivity index (χ2n) is 6.43. The van der Waals surface area contributed by atoms with Crippen molar-refractivity contribution in [3.63, 3.8) is 0 Å². The number of aromatic nitrogens is 2. The summed E-state index contributed by atoms with van der Waals surface area (Å²) in [5, 5.41) is 15.6. The number of anilines is 1. The van der Waals surface area contributed by atoms with Crippen molar-refractivity contribution in [3.05, 3.63) is 34.5 Å². The van der Waals surface area contributed by atoms with E-state index in [9.17, 15) is 5.11 Å². The van der Waals surface area contributed by atoms with E-state index >= 15 is 0 Å². The van der Waals surface area contributed by atoms with Crippen molar-refractivity contribution in [1.82, 2.24) is 9.55 Å². The molecule has 0 radical (unpaired) electrons. The highest BCUT2D eigenvalue weighted by atomic mass is 16.5. The molecule has 1 aromatic heterocycles. The molecule has 1 saturated carbocycles. The van der Waals surface area contributed by atoms with Gasteiger partial charge in [-0.1, -0.05) is 6.07 Å². The summed E-state index contributed by atoms with van der Waals surface area (Å²) in [7, 11) is 3.53. The molecule has 7 heteroatoms. The Kier molecular flexibility index (Phi) is 4.01. The van der Waals surface area contributed by atoms with Gasteiger partial charge in [0.15, 0.2) is 0 Å². The number of aliphatic imine (C=N–C) groups is 1. The van der Waals surface area contributed by atoms with E-state index in [4.69, 9.17) is 4.74 Å². The second-order valence-corrected chi connectivity index (χ2v) is 6.43. The Labute approximate surface area is 145 Å². The Hall–Kier alpha value is -2.67. The van der Waals surface area contributed by atoms with E-state index in [1.165, 1.54) is 0 Å². The van der Waals surface area contributed by atoms with Crippen LogP contribution in [0.25, 0.3) is 6.08 Å². The van der Waals surface area contributed by atoms with Crippen LogP contribution in [0.2, 0.25) is 0 Å². The van der Waals surface area contributed by atoms with E-state index in [0.29, 0.717) is 11.6 Å². The topological polar surface area (TPSA) is 84.0 Å². The normalized spacial score (nSPS) is 22.2. The third-order valence-electron chi connectivity index (χ3n) is 4.86. The Morgan fingerprint density at radius 1 is 1.36 bits per heavy atom. The fourth-order valence-corrected chi connectivity index (χ4v) is 3.43. The van der Waals surface area contributed by atoms with Gasteiger partial charge < -0.3 is 15.2 Å². The molecule has 1 aliphatic heterocycles. The molecule has 2 aromatic rings. The zero-order chi connectivity index (χ0) is 17.4. The maximum Gasteiger partial charge on any atom is 0.220 e. The SMILES string of the molecule is CO[C@H]1CCC[C@@H]1Nc1nc(C=c2ccc3c(c2)N=CN=3)c(O)n1C. The number of nitrogens with zero attached hydrogens (tertiary/aromatic N) is 4. The number of hydrogen-bond donors (Lipinski definition) is 2. The molecular formula is C18H21N5O2. The maximum atomic E-state index is 10.4. The van der Waals surface area contributed by atoms with Crippen molar-refractivity contribution in [1.29, 1.82) is 0 Å². The van der Waals surface area contributed by atoms with Gasteiger partial charge in [0.05, 0.1) is 23.2 Å². The lowest BCUT2D eigenvalue weighted by Crippen LogP contribution is -2.30. The molecule has 7 nitrogen and oxygen atoms in total. The fraction of sp³-hybridized carbons (Fsp3) is 0.389. The molecule has 1 aromatic carbocycles. The van der Waals surface area contributed by atoms with Gasteiger partial charge in [-0.3, -0.25) is 4.57 Å².